The van der Waals surface area contributed by atoms with E-state index >= 15 is 0 Å². The molecule has 1 amide bonds. The Morgan fingerprint density at radius 1 is 1.36 bits per heavy atom. The highest BCUT2D eigenvalue weighted by atomic mass is 32.1. The first-order valence-corrected chi connectivity index (χ1v) is 9.11. The van der Waals surface area contributed by atoms with Crippen LogP contribution in [0, 0.1) is 0 Å². The summed E-state index contributed by atoms with van der Waals surface area (Å²) in [6, 6.07) is 9.20. The van der Waals surface area contributed by atoms with E-state index in [1.807, 2.05) is 23.6 Å². The lowest BCUT2D eigenvalue weighted by molar-refractivity contribution is 0.0479. The summed E-state index contributed by atoms with van der Waals surface area (Å²) in [4.78, 5) is 15.5. The quantitative estimate of drug-likeness (QED) is 0.670. The number of thiophene rings is 1. The van der Waals surface area contributed by atoms with Gasteiger partial charge in [-0.15, -0.1) is 11.3 Å². The molecular formula is C18H18N2O4S. The van der Waals surface area contributed by atoms with Crippen molar-refractivity contribution in [1.29, 1.82) is 0 Å². The number of hydrogen-bond acceptors (Lipinski definition) is 6. The van der Waals surface area contributed by atoms with Gasteiger partial charge in [0.1, 0.15) is 5.69 Å². The molecule has 0 bridgehead atoms. The standard InChI is InChI=1S/C18H18N2O4S/c21-18(15-5-2-8-23-15)20(12-14-4-1-7-22-14)11-13-10-16(24-19-13)17-6-3-9-25-17/h2-3,5-6,8-10,14H,1,4,7,11-12H2. The van der Waals surface area contributed by atoms with Crippen LogP contribution >= 0.6 is 11.3 Å². The second-order valence-electron chi connectivity index (χ2n) is 5.96. The Morgan fingerprint density at radius 2 is 2.32 bits per heavy atom. The Balaban J connectivity index is 1.52. The average molecular weight is 358 g/mol. The maximum atomic E-state index is 12.8. The highest BCUT2D eigenvalue weighted by molar-refractivity contribution is 7.13. The molecule has 3 aromatic rings. The zero-order valence-electron chi connectivity index (χ0n) is 13.6. The van der Waals surface area contributed by atoms with Crippen LogP contribution in [-0.2, 0) is 11.3 Å². The molecule has 0 radical (unpaired) electrons. The van der Waals surface area contributed by atoms with Crippen molar-refractivity contribution in [2.75, 3.05) is 13.2 Å². The van der Waals surface area contributed by atoms with Crippen molar-refractivity contribution in [2.24, 2.45) is 0 Å². The molecular weight excluding hydrogens is 340 g/mol. The number of nitrogens with zero attached hydrogens (tertiary/aromatic N) is 2. The van der Waals surface area contributed by atoms with Crippen molar-refractivity contribution >= 4 is 17.2 Å². The third-order valence-electron chi connectivity index (χ3n) is 4.14. The molecule has 1 fully saturated rings. The minimum Gasteiger partial charge on any atom is -0.459 e. The summed E-state index contributed by atoms with van der Waals surface area (Å²) in [6.45, 7) is 1.62. The Bertz CT molecular complexity index is 804. The van der Waals surface area contributed by atoms with Crippen LogP contribution < -0.4 is 0 Å². The molecule has 1 aliphatic heterocycles. The molecule has 4 heterocycles. The zero-order valence-corrected chi connectivity index (χ0v) is 14.4. The van der Waals surface area contributed by atoms with Crippen LogP contribution in [0.2, 0.25) is 0 Å². The molecule has 1 saturated heterocycles. The lowest BCUT2D eigenvalue weighted by Gasteiger charge is -2.23. The number of amides is 1. The molecule has 0 spiro atoms. The molecule has 25 heavy (non-hydrogen) atoms. The number of aromatic nitrogens is 1. The Kier molecular flexibility index (Phi) is 4.67. The van der Waals surface area contributed by atoms with E-state index in [4.69, 9.17) is 13.7 Å². The summed E-state index contributed by atoms with van der Waals surface area (Å²) in [6.07, 6.45) is 3.55. The molecule has 0 saturated carbocycles. The van der Waals surface area contributed by atoms with Crippen molar-refractivity contribution in [3.63, 3.8) is 0 Å². The predicted molar refractivity (Wildman–Crippen MR) is 92.2 cm³/mol. The fourth-order valence-corrected chi connectivity index (χ4v) is 3.60. The summed E-state index contributed by atoms with van der Waals surface area (Å²) in [5, 5.41) is 6.10. The molecule has 1 atom stereocenters. The van der Waals surface area contributed by atoms with Gasteiger partial charge in [0.25, 0.3) is 5.91 Å². The third kappa shape index (κ3) is 3.67. The normalized spacial score (nSPS) is 17.0. The largest absolute Gasteiger partial charge is 0.459 e. The van der Waals surface area contributed by atoms with Crippen LogP contribution in [0.3, 0.4) is 0 Å². The van der Waals surface area contributed by atoms with Crippen molar-refractivity contribution in [3.8, 4) is 10.6 Å². The van der Waals surface area contributed by atoms with Gasteiger partial charge < -0.3 is 18.6 Å². The summed E-state index contributed by atoms with van der Waals surface area (Å²) in [5.74, 6) is 0.869. The number of rotatable bonds is 6. The van der Waals surface area contributed by atoms with Gasteiger partial charge in [-0.1, -0.05) is 11.2 Å². The number of hydrogen-bond donors (Lipinski definition) is 0. The maximum Gasteiger partial charge on any atom is 0.289 e. The highest BCUT2D eigenvalue weighted by Gasteiger charge is 2.26. The van der Waals surface area contributed by atoms with Crippen LogP contribution in [0.15, 0.2) is 50.9 Å². The molecule has 6 nitrogen and oxygen atoms in total. The second kappa shape index (κ2) is 7.25. The van der Waals surface area contributed by atoms with Crippen LogP contribution in [0.4, 0.5) is 0 Å². The fourth-order valence-electron chi connectivity index (χ4n) is 2.93. The van der Waals surface area contributed by atoms with E-state index in [9.17, 15) is 4.79 Å². The Labute approximate surface area is 149 Å². The number of carbonyl (C=O) groups excluding carboxylic acids is 1. The molecule has 0 N–H and O–H groups in total. The number of furan rings is 1. The van der Waals surface area contributed by atoms with Crippen molar-refractivity contribution in [2.45, 2.75) is 25.5 Å². The molecule has 0 aliphatic carbocycles. The van der Waals surface area contributed by atoms with Crippen molar-refractivity contribution in [3.05, 3.63) is 53.4 Å². The van der Waals surface area contributed by atoms with Crippen LogP contribution in [0.1, 0.15) is 29.1 Å². The van der Waals surface area contributed by atoms with E-state index < -0.39 is 0 Å². The van der Waals surface area contributed by atoms with E-state index in [1.54, 1.807) is 28.4 Å². The van der Waals surface area contributed by atoms with Gasteiger partial charge in [0, 0.05) is 19.2 Å². The van der Waals surface area contributed by atoms with Gasteiger partial charge in [0.2, 0.25) is 0 Å². The average Bonchev–Trinajstić information content (AvgIpc) is 3.41. The molecule has 3 aromatic heterocycles. The molecule has 4 rings (SSSR count). The topological polar surface area (TPSA) is 68.7 Å². The number of ether oxygens (including phenoxy) is 1. The van der Waals surface area contributed by atoms with Gasteiger partial charge in [-0.05, 0) is 36.4 Å². The lowest BCUT2D eigenvalue weighted by atomic mass is 10.2. The SMILES string of the molecule is O=C(c1ccco1)N(Cc1cc(-c2cccs2)on1)CC1CCCO1. The van der Waals surface area contributed by atoms with Gasteiger partial charge in [0.05, 0.1) is 23.8 Å². The van der Waals surface area contributed by atoms with E-state index in [0.29, 0.717) is 30.3 Å². The van der Waals surface area contributed by atoms with Crippen LogP contribution in [0.5, 0.6) is 0 Å². The molecule has 0 aromatic carbocycles. The monoisotopic (exact) mass is 358 g/mol. The second-order valence-corrected chi connectivity index (χ2v) is 6.91. The Hall–Kier alpha value is -2.38. The third-order valence-corrected chi connectivity index (χ3v) is 5.03. The van der Waals surface area contributed by atoms with Crippen LogP contribution in [0.25, 0.3) is 10.6 Å². The van der Waals surface area contributed by atoms with Gasteiger partial charge in [-0.25, -0.2) is 0 Å². The van der Waals surface area contributed by atoms with Crippen LogP contribution in [-0.4, -0.2) is 35.2 Å². The minimum atomic E-state index is -0.166. The number of carbonyl (C=O) groups is 1. The summed E-state index contributed by atoms with van der Waals surface area (Å²) >= 11 is 1.59. The molecule has 1 unspecified atom stereocenters. The van der Waals surface area contributed by atoms with Crippen molar-refractivity contribution in [1.82, 2.24) is 10.1 Å². The summed E-state index contributed by atoms with van der Waals surface area (Å²) in [7, 11) is 0. The van der Waals surface area contributed by atoms with E-state index in [2.05, 4.69) is 5.16 Å². The first-order chi connectivity index (χ1) is 12.3. The van der Waals surface area contributed by atoms with Gasteiger partial charge >= 0.3 is 0 Å². The predicted octanol–water partition coefficient (Wildman–Crippen LogP) is 3.82. The molecule has 130 valence electrons. The fraction of sp³-hybridized carbons (Fsp3) is 0.333. The zero-order chi connectivity index (χ0) is 17.1. The Morgan fingerprint density at radius 3 is 3.04 bits per heavy atom. The smallest absolute Gasteiger partial charge is 0.289 e. The summed E-state index contributed by atoms with van der Waals surface area (Å²) < 4.78 is 16.4. The van der Waals surface area contributed by atoms with Gasteiger partial charge in [-0.2, -0.15) is 0 Å². The molecule has 1 aliphatic rings. The minimum absolute atomic E-state index is 0.0579. The van der Waals surface area contributed by atoms with E-state index in [0.717, 1.165) is 24.3 Å². The maximum absolute atomic E-state index is 12.8. The van der Waals surface area contributed by atoms with E-state index in [-0.39, 0.29) is 12.0 Å². The van der Waals surface area contributed by atoms with Crippen molar-refractivity contribution < 1.29 is 18.5 Å². The van der Waals surface area contributed by atoms with Gasteiger partial charge in [-0.3, -0.25) is 4.79 Å². The highest BCUT2D eigenvalue weighted by Crippen LogP contribution is 2.26. The molecule has 7 heteroatoms. The lowest BCUT2D eigenvalue weighted by Crippen LogP contribution is -2.36. The first kappa shape index (κ1) is 16.1. The first-order valence-electron chi connectivity index (χ1n) is 8.23. The van der Waals surface area contributed by atoms with Gasteiger partial charge in [0.15, 0.2) is 11.5 Å². The van der Waals surface area contributed by atoms with E-state index in [1.165, 1.54) is 6.26 Å². The summed E-state index contributed by atoms with van der Waals surface area (Å²) in [5.41, 5.74) is 0.710.